The predicted octanol–water partition coefficient (Wildman–Crippen LogP) is 4.59. The summed E-state index contributed by atoms with van der Waals surface area (Å²) < 4.78 is 26.5. The Morgan fingerprint density at radius 3 is 2.00 bits per heavy atom. The molecule has 3 aromatic rings. The van der Waals surface area contributed by atoms with Crippen LogP contribution in [0, 0.1) is 11.6 Å². The van der Waals surface area contributed by atoms with Crippen LogP contribution in [0.3, 0.4) is 0 Å². The largest absolute Gasteiger partial charge is 0.507 e. The van der Waals surface area contributed by atoms with E-state index >= 15 is 0 Å². The Labute approximate surface area is 171 Å². The Kier molecular flexibility index (Phi) is 5.14. The minimum atomic E-state index is -0.832. The van der Waals surface area contributed by atoms with Gasteiger partial charge in [-0.1, -0.05) is 42.5 Å². The van der Waals surface area contributed by atoms with Crippen LogP contribution in [0.4, 0.5) is 8.78 Å². The van der Waals surface area contributed by atoms with Crippen molar-refractivity contribution in [1.29, 1.82) is 0 Å². The molecule has 0 radical (unpaired) electrons. The van der Waals surface area contributed by atoms with Gasteiger partial charge in [0.2, 0.25) is 0 Å². The maximum Gasteiger partial charge on any atom is 0.295 e. The van der Waals surface area contributed by atoms with Crippen LogP contribution >= 0.6 is 0 Å². The van der Waals surface area contributed by atoms with Crippen molar-refractivity contribution in [1.82, 2.24) is 4.90 Å². The molecule has 1 atom stereocenters. The Morgan fingerprint density at radius 1 is 0.833 bits per heavy atom. The van der Waals surface area contributed by atoms with Gasteiger partial charge in [-0.2, -0.15) is 0 Å². The molecule has 1 saturated heterocycles. The summed E-state index contributed by atoms with van der Waals surface area (Å²) in [6.45, 7) is 0.0601. The number of aliphatic hydroxyl groups is 1. The van der Waals surface area contributed by atoms with Crippen LogP contribution in [0.1, 0.15) is 22.7 Å². The van der Waals surface area contributed by atoms with E-state index in [4.69, 9.17) is 0 Å². The minimum Gasteiger partial charge on any atom is -0.507 e. The summed E-state index contributed by atoms with van der Waals surface area (Å²) in [7, 11) is 0. The third-order valence-electron chi connectivity index (χ3n) is 5.04. The van der Waals surface area contributed by atoms with Crippen molar-refractivity contribution in [2.24, 2.45) is 0 Å². The van der Waals surface area contributed by atoms with Crippen molar-refractivity contribution in [2.45, 2.75) is 12.6 Å². The molecule has 0 aromatic heterocycles. The Hall–Kier alpha value is -3.80. The van der Waals surface area contributed by atoms with Crippen molar-refractivity contribution in [3.63, 3.8) is 0 Å². The number of carbonyl (C=O) groups excluding carboxylic acids is 2. The van der Waals surface area contributed by atoms with Crippen LogP contribution in [-0.2, 0) is 16.1 Å². The molecule has 4 nitrogen and oxygen atoms in total. The number of halogens is 2. The molecule has 0 spiro atoms. The molecule has 0 bridgehead atoms. The normalized spacial score (nSPS) is 18.1. The second kappa shape index (κ2) is 7.91. The van der Waals surface area contributed by atoms with Gasteiger partial charge in [-0.15, -0.1) is 0 Å². The number of hydrogen-bond acceptors (Lipinski definition) is 3. The molecule has 1 heterocycles. The summed E-state index contributed by atoms with van der Waals surface area (Å²) >= 11 is 0. The lowest BCUT2D eigenvalue weighted by Crippen LogP contribution is -2.29. The third-order valence-corrected chi connectivity index (χ3v) is 5.04. The first-order valence-corrected chi connectivity index (χ1v) is 9.29. The molecule has 1 amide bonds. The van der Waals surface area contributed by atoms with Crippen LogP contribution in [0.5, 0.6) is 0 Å². The van der Waals surface area contributed by atoms with Gasteiger partial charge in [-0.3, -0.25) is 9.59 Å². The number of Topliss-reactive ketones (excluding diaryl/α,β-unsaturated/α-hetero) is 1. The van der Waals surface area contributed by atoms with Crippen LogP contribution < -0.4 is 0 Å². The minimum absolute atomic E-state index is 0.0601. The topological polar surface area (TPSA) is 57.6 Å². The second-order valence-electron chi connectivity index (χ2n) is 6.97. The molecular weight excluding hydrogens is 388 g/mol. The molecule has 150 valence electrons. The number of amides is 1. The zero-order valence-electron chi connectivity index (χ0n) is 15.8. The fourth-order valence-corrected chi connectivity index (χ4v) is 3.57. The summed E-state index contributed by atoms with van der Waals surface area (Å²) in [4.78, 5) is 27.1. The molecule has 0 aliphatic carbocycles. The maximum absolute atomic E-state index is 13.3. The van der Waals surface area contributed by atoms with Gasteiger partial charge in [0, 0.05) is 12.1 Å². The first kappa shape index (κ1) is 19.5. The molecule has 30 heavy (non-hydrogen) atoms. The molecule has 0 saturated carbocycles. The number of aliphatic hydroxyl groups excluding tert-OH is 1. The third kappa shape index (κ3) is 3.59. The van der Waals surface area contributed by atoms with Crippen LogP contribution in [-0.4, -0.2) is 21.7 Å². The summed E-state index contributed by atoms with van der Waals surface area (Å²) in [6.07, 6.45) is 0. The standard InChI is InChI=1S/C24H17F2NO3/c25-18-10-6-15(7-11-18)14-27-21(16-4-2-1-3-5-16)20(23(29)24(27)30)22(28)17-8-12-19(26)13-9-17/h1-13,21,28H,14H2/b22-20-. The van der Waals surface area contributed by atoms with E-state index in [2.05, 4.69) is 0 Å². The highest BCUT2D eigenvalue weighted by molar-refractivity contribution is 6.46. The molecule has 1 N–H and O–H groups in total. The van der Waals surface area contributed by atoms with Crippen molar-refractivity contribution in [3.05, 3.63) is 113 Å². The summed E-state index contributed by atoms with van der Waals surface area (Å²) in [5, 5.41) is 10.9. The SMILES string of the molecule is O=C1C(=O)N(Cc2ccc(F)cc2)C(c2ccccc2)/C1=C(/O)c1ccc(F)cc1. The van der Waals surface area contributed by atoms with Gasteiger partial charge in [0.25, 0.3) is 11.7 Å². The second-order valence-corrected chi connectivity index (χ2v) is 6.97. The van der Waals surface area contributed by atoms with Gasteiger partial charge in [0.1, 0.15) is 17.4 Å². The highest BCUT2D eigenvalue weighted by Crippen LogP contribution is 2.40. The van der Waals surface area contributed by atoms with E-state index < -0.39 is 29.4 Å². The molecule has 3 aromatic carbocycles. The summed E-state index contributed by atoms with van der Waals surface area (Å²) in [5.74, 6) is -2.85. The van der Waals surface area contributed by atoms with Crippen LogP contribution in [0.25, 0.3) is 5.76 Å². The smallest absolute Gasteiger partial charge is 0.295 e. The monoisotopic (exact) mass is 405 g/mol. The van der Waals surface area contributed by atoms with E-state index in [0.29, 0.717) is 11.1 Å². The van der Waals surface area contributed by atoms with Gasteiger partial charge in [-0.05, 0) is 47.5 Å². The molecule has 1 aliphatic heterocycles. The molecule has 1 fully saturated rings. The molecule has 1 aliphatic rings. The van der Waals surface area contributed by atoms with Gasteiger partial charge in [0.05, 0.1) is 11.6 Å². The number of benzene rings is 3. The average molecular weight is 405 g/mol. The first-order chi connectivity index (χ1) is 14.5. The van der Waals surface area contributed by atoms with Crippen LogP contribution in [0.15, 0.2) is 84.4 Å². The van der Waals surface area contributed by atoms with E-state index in [0.717, 1.165) is 0 Å². The molecule has 4 rings (SSSR count). The number of ketones is 1. The maximum atomic E-state index is 13.3. The average Bonchev–Trinajstić information content (AvgIpc) is 3.01. The predicted molar refractivity (Wildman–Crippen MR) is 107 cm³/mol. The number of hydrogen-bond donors (Lipinski definition) is 1. The number of nitrogens with zero attached hydrogens (tertiary/aromatic N) is 1. The van der Waals surface area contributed by atoms with Crippen molar-refractivity contribution >= 4 is 17.4 Å². The number of rotatable bonds is 4. The quantitative estimate of drug-likeness (QED) is 0.393. The number of carbonyl (C=O) groups is 2. The molecule has 6 heteroatoms. The van der Waals surface area contributed by atoms with Gasteiger partial charge in [0.15, 0.2) is 0 Å². The lowest BCUT2D eigenvalue weighted by Gasteiger charge is -2.25. The molecule has 1 unspecified atom stereocenters. The number of likely N-dealkylation sites (tertiary alicyclic amines) is 1. The van der Waals surface area contributed by atoms with E-state index in [1.807, 2.05) is 0 Å². The van der Waals surface area contributed by atoms with Gasteiger partial charge < -0.3 is 10.0 Å². The Bertz CT molecular complexity index is 1120. The van der Waals surface area contributed by atoms with Crippen molar-refractivity contribution in [2.75, 3.05) is 0 Å². The lowest BCUT2D eigenvalue weighted by molar-refractivity contribution is -0.140. The fourth-order valence-electron chi connectivity index (χ4n) is 3.57. The fraction of sp³-hybridized carbons (Fsp3) is 0.0833. The summed E-state index contributed by atoms with van der Waals surface area (Å²) in [5.41, 5.74) is 1.44. The lowest BCUT2D eigenvalue weighted by atomic mass is 9.95. The Balaban J connectivity index is 1.83. The van der Waals surface area contributed by atoms with Gasteiger partial charge in [-0.25, -0.2) is 8.78 Å². The zero-order chi connectivity index (χ0) is 21.3. The summed E-state index contributed by atoms with van der Waals surface area (Å²) in [6, 6.07) is 18.7. The van der Waals surface area contributed by atoms with E-state index in [1.54, 1.807) is 30.3 Å². The van der Waals surface area contributed by atoms with E-state index in [-0.39, 0.29) is 23.4 Å². The van der Waals surface area contributed by atoms with Crippen LogP contribution in [0.2, 0.25) is 0 Å². The van der Waals surface area contributed by atoms with Gasteiger partial charge >= 0.3 is 0 Å². The zero-order valence-corrected chi connectivity index (χ0v) is 15.8. The first-order valence-electron chi connectivity index (χ1n) is 9.29. The van der Waals surface area contributed by atoms with E-state index in [9.17, 15) is 23.5 Å². The van der Waals surface area contributed by atoms with E-state index in [1.165, 1.54) is 53.4 Å². The molecular formula is C24H17F2NO3. The van der Waals surface area contributed by atoms with Crippen molar-refractivity contribution < 1.29 is 23.5 Å². The highest BCUT2D eigenvalue weighted by Gasteiger charge is 2.45. The Morgan fingerprint density at radius 2 is 1.40 bits per heavy atom. The highest BCUT2D eigenvalue weighted by atomic mass is 19.1. The van der Waals surface area contributed by atoms with Crippen molar-refractivity contribution in [3.8, 4) is 0 Å².